The van der Waals surface area contributed by atoms with E-state index in [1.807, 2.05) is 74.2 Å². The lowest BCUT2D eigenvalue weighted by atomic mass is 9.82. The van der Waals surface area contributed by atoms with E-state index in [4.69, 9.17) is 29.0 Å². The van der Waals surface area contributed by atoms with Crippen LogP contribution in [0, 0.1) is 0 Å². The molecule has 0 aliphatic carbocycles. The van der Waals surface area contributed by atoms with Crippen molar-refractivity contribution in [3.8, 4) is 11.5 Å². The molecule has 0 aromatic heterocycles. The number of aliphatic hydroxyl groups excluding tert-OH is 1. The van der Waals surface area contributed by atoms with Crippen molar-refractivity contribution in [3.63, 3.8) is 0 Å². The summed E-state index contributed by atoms with van der Waals surface area (Å²) in [6.07, 6.45) is 2.83. The van der Waals surface area contributed by atoms with Crippen molar-refractivity contribution < 1.29 is 33.6 Å². The van der Waals surface area contributed by atoms with Gasteiger partial charge < -0.3 is 29.0 Å². The van der Waals surface area contributed by atoms with E-state index in [-0.39, 0.29) is 31.3 Å². The van der Waals surface area contributed by atoms with Crippen LogP contribution in [-0.2, 0) is 19.1 Å². The van der Waals surface area contributed by atoms with Crippen LogP contribution >= 0.6 is 0 Å². The minimum Gasteiger partial charge on any atom is -0.497 e. The Morgan fingerprint density at radius 1 is 1.07 bits per heavy atom. The number of likely N-dealkylation sites (tertiary alicyclic amines) is 1. The van der Waals surface area contributed by atoms with Crippen molar-refractivity contribution in [3.05, 3.63) is 59.7 Å². The quantitative estimate of drug-likeness (QED) is 0.306. The summed E-state index contributed by atoms with van der Waals surface area (Å²) in [5, 5.41) is 9.03. The zero-order valence-corrected chi connectivity index (χ0v) is 24.6. The number of rotatable bonds is 11. The van der Waals surface area contributed by atoms with Crippen molar-refractivity contribution in [2.75, 3.05) is 33.4 Å². The molecule has 2 aromatic carbocycles. The Hall–Kier alpha value is -3.59. The number of piperidine rings is 1. The number of benzene rings is 2. The van der Waals surface area contributed by atoms with Crippen LogP contribution in [0.5, 0.6) is 11.5 Å². The lowest BCUT2D eigenvalue weighted by Gasteiger charge is -2.37. The van der Waals surface area contributed by atoms with Crippen molar-refractivity contribution in [1.29, 1.82) is 0 Å². The lowest BCUT2D eigenvalue weighted by Crippen LogP contribution is -2.52. The molecule has 1 saturated heterocycles. The van der Waals surface area contributed by atoms with Gasteiger partial charge in [0.1, 0.15) is 17.1 Å². The second kappa shape index (κ2) is 13.4. The number of hydrogen-bond acceptors (Lipinski definition) is 8. The Labute approximate surface area is 242 Å². The van der Waals surface area contributed by atoms with Gasteiger partial charge in [-0.2, -0.15) is 0 Å². The van der Waals surface area contributed by atoms with Crippen LogP contribution in [-0.4, -0.2) is 72.3 Å². The molecule has 2 aromatic rings. The van der Waals surface area contributed by atoms with Crippen LogP contribution in [0.3, 0.4) is 0 Å². The van der Waals surface area contributed by atoms with Crippen LogP contribution in [0.15, 0.2) is 53.5 Å². The van der Waals surface area contributed by atoms with Gasteiger partial charge in [-0.25, -0.2) is 4.99 Å². The molecule has 1 N–H and O–H groups in total. The highest BCUT2D eigenvalue weighted by atomic mass is 16.6. The number of aliphatic imine (C=N–C) groups is 1. The third-order valence-corrected chi connectivity index (χ3v) is 7.18. The van der Waals surface area contributed by atoms with E-state index in [0.29, 0.717) is 49.1 Å². The number of hydrogen-bond donors (Lipinski definition) is 1. The molecule has 1 fully saturated rings. The fraction of sp³-hybridized carbons (Fsp3) is 0.531. The minimum absolute atomic E-state index is 0.00902. The summed E-state index contributed by atoms with van der Waals surface area (Å²) in [4.78, 5) is 34.3. The summed E-state index contributed by atoms with van der Waals surface area (Å²) in [6.45, 7) is 7.22. The fourth-order valence-electron chi connectivity index (χ4n) is 5.21. The highest BCUT2D eigenvalue weighted by Crippen LogP contribution is 2.45. The predicted molar refractivity (Wildman–Crippen MR) is 155 cm³/mol. The third kappa shape index (κ3) is 7.58. The number of methoxy groups -OCH3 is 1. The highest BCUT2D eigenvalue weighted by molar-refractivity contribution is 6.01. The van der Waals surface area contributed by atoms with Crippen molar-refractivity contribution in [1.82, 2.24) is 4.90 Å². The standard InChI is InChI=1S/C32H42N2O7/c1-31(2,3)41-27(36)16-17-32(30(37)34-18-6-5-7-19-34)28(24-10-8-11-26(22-24)38-4)40-29(33-32)23-12-14-25(15-13-23)39-21-9-20-35/h8,10-15,22,28,35H,5-7,9,16-21H2,1-4H3/t28-,32-/m1/s1. The topological polar surface area (TPSA) is 107 Å². The molecule has 0 spiro atoms. The van der Waals surface area contributed by atoms with E-state index in [2.05, 4.69) is 0 Å². The van der Waals surface area contributed by atoms with E-state index < -0.39 is 17.2 Å². The molecule has 0 saturated carbocycles. The molecule has 2 atom stereocenters. The summed E-state index contributed by atoms with van der Waals surface area (Å²) in [5.74, 6) is 1.09. The van der Waals surface area contributed by atoms with Crippen molar-refractivity contribution >= 4 is 17.8 Å². The first kappa shape index (κ1) is 30.4. The van der Waals surface area contributed by atoms with Gasteiger partial charge in [-0.15, -0.1) is 0 Å². The maximum atomic E-state index is 14.5. The maximum absolute atomic E-state index is 14.5. The van der Waals surface area contributed by atoms with E-state index in [1.165, 1.54) is 0 Å². The molecule has 0 unspecified atom stereocenters. The fourth-order valence-corrected chi connectivity index (χ4v) is 5.21. The number of carbonyl (C=O) groups excluding carboxylic acids is 2. The second-order valence-corrected chi connectivity index (χ2v) is 11.5. The molecular formula is C32H42N2O7. The van der Waals surface area contributed by atoms with Crippen LogP contribution < -0.4 is 9.47 Å². The van der Waals surface area contributed by atoms with Gasteiger partial charge in [0.05, 0.1) is 13.7 Å². The molecular weight excluding hydrogens is 524 g/mol. The monoisotopic (exact) mass is 566 g/mol. The average Bonchev–Trinajstić information content (AvgIpc) is 3.37. The Balaban J connectivity index is 1.75. The second-order valence-electron chi connectivity index (χ2n) is 11.5. The number of ether oxygens (including phenoxy) is 4. The third-order valence-electron chi connectivity index (χ3n) is 7.18. The molecule has 41 heavy (non-hydrogen) atoms. The normalized spacial score (nSPS) is 20.7. The zero-order chi connectivity index (χ0) is 29.5. The van der Waals surface area contributed by atoms with E-state index in [9.17, 15) is 9.59 Å². The van der Waals surface area contributed by atoms with Crippen LogP contribution in [0.1, 0.15) is 76.5 Å². The van der Waals surface area contributed by atoms with Gasteiger partial charge in [-0.05, 0) is 88.4 Å². The minimum atomic E-state index is -1.37. The smallest absolute Gasteiger partial charge is 0.306 e. The number of carbonyl (C=O) groups is 2. The van der Waals surface area contributed by atoms with E-state index >= 15 is 0 Å². The summed E-state index contributed by atoms with van der Waals surface area (Å²) < 4.78 is 23.3. The zero-order valence-electron chi connectivity index (χ0n) is 24.6. The van der Waals surface area contributed by atoms with Crippen LogP contribution in [0.4, 0.5) is 0 Å². The first-order valence-electron chi connectivity index (χ1n) is 14.4. The molecule has 0 bridgehead atoms. The SMILES string of the molecule is COc1cccc([C@H]2OC(c3ccc(OCCCO)cc3)=N[C@@]2(CCC(=O)OC(C)(C)C)C(=O)N2CCCCC2)c1. The Bertz CT molecular complexity index is 1220. The highest BCUT2D eigenvalue weighted by Gasteiger charge is 2.55. The molecule has 9 nitrogen and oxygen atoms in total. The number of aliphatic hydroxyl groups is 1. The average molecular weight is 567 g/mol. The summed E-state index contributed by atoms with van der Waals surface area (Å²) in [5.41, 5.74) is -0.583. The van der Waals surface area contributed by atoms with E-state index in [0.717, 1.165) is 24.8 Å². The molecule has 1 amide bonds. The number of nitrogens with zero attached hydrogens (tertiary/aromatic N) is 2. The van der Waals surface area contributed by atoms with Gasteiger partial charge in [-0.1, -0.05) is 12.1 Å². The van der Waals surface area contributed by atoms with E-state index in [1.54, 1.807) is 7.11 Å². The van der Waals surface area contributed by atoms with Gasteiger partial charge in [0, 0.05) is 38.1 Å². The predicted octanol–water partition coefficient (Wildman–Crippen LogP) is 4.85. The Kier molecular flexibility index (Phi) is 9.91. The van der Waals surface area contributed by atoms with Gasteiger partial charge in [-0.3, -0.25) is 9.59 Å². The Morgan fingerprint density at radius 2 is 1.80 bits per heavy atom. The molecule has 2 heterocycles. The van der Waals surface area contributed by atoms with Crippen molar-refractivity contribution in [2.24, 2.45) is 4.99 Å². The van der Waals surface area contributed by atoms with Gasteiger partial charge >= 0.3 is 5.97 Å². The van der Waals surface area contributed by atoms with Gasteiger partial charge in [0.25, 0.3) is 5.91 Å². The molecule has 0 radical (unpaired) electrons. The van der Waals surface area contributed by atoms with Gasteiger partial charge in [0.2, 0.25) is 5.90 Å². The summed E-state index contributed by atoms with van der Waals surface area (Å²) in [7, 11) is 1.59. The number of esters is 1. The summed E-state index contributed by atoms with van der Waals surface area (Å²) >= 11 is 0. The first-order valence-corrected chi connectivity index (χ1v) is 14.4. The molecule has 2 aliphatic heterocycles. The maximum Gasteiger partial charge on any atom is 0.306 e. The molecule has 222 valence electrons. The summed E-state index contributed by atoms with van der Waals surface area (Å²) in [6, 6.07) is 14.7. The van der Waals surface area contributed by atoms with Crippen LogP contribution in [0.2, 0.25) is 0 Å². The van der Waals surface area contributed by atoms with Crippen molar-refractivity contribution in [2.45, 2.75) is 76.5 Å². The Morgan fingerprint density at radius 3 is 2.46 bits per heavy atom. The largest absolute Gasteiger partial charge is 0.497 e. The lowest BCUT2D eigenvalue weighted by molar-refractivity contribution is -0.155. The molecule has 2 aliphatic rings. The molecule has 9 heteroatoms. The molecule has 4 rings (SSSR count). The number of amides is 1. The van der Waals surface area contributed by atoms with Gasteiger partial charge in [0.15, 0.2) is 11.6 Å². The first-order chi connectivity index (χ1) is 19.6. The van der Waals surface area contributed by atoms with Crippen LogP contribution in [0.25, 0.3) is 0 Å².